The van der Waals surface area contributed by atoms with Crippen molar-refractivity contribution in [2.24, 2.45) is 0 Å². The number of nitrogens with zero attached hydrogens (tertiary/aromatic N) is 3. The van der Waals surface area contributed by atoms with E-state index >= 15 is 0 Å². The predicted molar refractivity (Wildman–Crippen MR) is 75.2 cm³/mol. The smallest absolute Gasteiger partial charge is 0.341 e. The Morgan fingerprint density at radius 1 is 1.00 bits per heavy atom. The Balaban J connectivity index is 2.62. The zero-order valence-corrected chi connectivity index (χ0v) is 12.4. The van der Waals surface area contributed by atoms with Crippen molar-refractivity contribution in [2.45, 2.75) is 5.85 Å². The summed E-state index contributed by atoms with van der Waals surface area (Å²) in [4.78, 5) is 18.0. The van der Waals surface area contributed by atoms with E-state index in [0.29, 0.717) is 5.56 Å². The first kappa shape index (κ1) is 13.8. The average molecular weight is 263 g/mol. The molecule has 0 aromatic heterocycles. The molecule has 5 nitrogen and oxygen atoms in total. The lowest BCUT2D eigenvalue weighted by Gasteiger charge is -2.40. The molecule has 0 spiro atoms. The number of cyclic esters (lactones) is 1. The number of esters is 1. The highest BCUT2D eigenvalue weighted by molar-refractivity contribution is 5.95. The van der Waals surface area contributed by atoms with Gasteiger partial charge in [-0.25, -0.2) is 4.79 Å². The van der Waals surface area contributed by atoms with Crippen molar-refractivity contribution in [3.63, 3.8) is 0 Å². The molecule has 0 amide bonds. The third-order valence-electron chi connectivity index (χ3n) is 3.54. The van der Waals surface area contributed by atoms with Crippen molar-refractivity contribution >= 4 is 11.7 Å². The SMILES string of the molecule is CN(C)c1ccc2c(c1)C(=O)OC2(N(C)C)N(C)C. The molecule has 1 aromatic rings. The Morgan fingerprint density at radius 2 is 1.58 bits per heavy atom. The molecule has 1 heterocycles. The molecular formula is C14H21N3O2. The van der Waals surface area contributed by atoms with Gasteiger partial charge in [0.25, 0.3) is 5.85 Å². The number of hydrogen-bond donors (Lipinski definition) is 0. The van der Waals surface area contributed by atoms with Crippen LogP contribution < -0.4 is 4.90 Å². The van der Waals surface area contributed by atoms with Crippen molar-refractivity contribution in [3.05, 3.63) is 29.3 Å². The summed E-state index contributed by atoms with van der Waals surface area (Å²) in [5.41, 5.74) is 2.51. The highest BCUT2D eigenvalue weighted by atomic mass is 16.6. The summed E-state index contributed by atoms with van der Waals surface area (Å²) < 4.78 is 5.67. The van der Waals surface area contributed by atoms with Crippen LogP contribution in [0.2, 0.25) is 0 Å². The van der Waals surface area contributed by atoms with Gasteiger partial charge in [0, 0.05) is 25.3 Å². The molecular weight excluding hydrogens is 242 g/mol. The fourth-order valence-corrected chi connectivity index (χ4v) is 2.57. The summed E-state index contributed by atoms with van der Waals surface area (Å²) in [5, 5.41) is 0. The summed E-state index contributed by atoms with van der Waals surface area (Å²) in [6, 6.07) is 5.85. The van der Waals surface area contributed by atoms with Crippen LogP contribution in [0.25, 0.3) is 0 Å². The van der Waals surface area contributed by atoms with Crippen molar-refractivity contribution < 1.29 is 9.53 Å². The van der Waals surface area contributed by atoms with Crippen LogP contribution in [0, 0.1) is 0 Å². The Morgan fingerprint density at radius 3 is 2.05 bits per heavy atom. The van der Waals surface area contributed by atoms with Crippen LogP contribution in [0.5, 0.6) is 0 Å². The van der Waals surface area contributed by atoms with Gasteiger partial charge in [0.1, 0.15) is 0 Å². The van der Waals surface area contributed by atoms with Crippen LogP contribution in [0.3, 0.4) is 0 Å². The number of hydrogen-bond acceptors (Lipinski definition) is 5. The second kappa shape index (κ2) is 4.51. The zero-order chi connectivity index (χ0) is 14.4. The van der Waals surface area contributed by atoms with E-state index in [-0.39, 0.29) is 5.97 Å². The van der Waals surface area contributed by atoms with E-state index in [4.69, 9.17) is 4.74 Å². The minimum atomic E-state index is -0.822. The van der Waals surface area contributed by atoms with Gasteiger partial charge in [-0.2, -0.15) is 0 Å². The zero-order valence-electron chi connectivity index (χ0n) is 12.4. The van der Waals surface area contributed by atoms with Crippen molar-refractivity contribution in [1.29, 1.82) is 0 Å². The van der Waals surface area contributed by atoms with E-state index in [1.54, 1.807) is 0 Å². The molecule has 5 heteroatoms. The van der Waals surface area contributed by atoms with Crippen LogP contribution in [-0.4, -0.2) is 58.1 Å². The molecule has 0 saturated carbocycles. The van der Waals surface area contributed by atoms with E-state index in [0.717, 1.165) is 11.3 Å². The van der Waals surface area contributed by atoms with Crippen LogP contribution in [0.15, 0.2) is 18.2 Å². The molecule has 19 heavy (non-hydrogen) atoms. The van der Waals surface area contributed by atoms with Gasteiger partial charge in [-0.15, -0.1) is 0 Å². The highest BCUT2D eigenvalue weighted by Gasteiger charge is 2.49. The van der Waals surface area contributed by atoms with Crippen LogP contribution in [-0.2, 0) is 10.6 Å². The molecule has 0 unspecified atom stereocenters. The molecule has 0 atom stereocenters. The molecule has 1 aliphatic rings. The van der Waals surface area contributed by atoms with E-state index in [9.17, 15) is 4.79 Å². The van der Waals surface area contributed by atoms with Gasteiger partial charge in [-0.3, -0.25) is 9.80 Å². The Kier molecular flexibility index (Phi) is 3.28. The van der Waals surface area contributed by atoms with Gasteiger partial charge in [0.15, 0.2) is 0 Å². The fraction of sp³-hybridized carbons (Fsp3) is 0.500. The van der Waals surface area contributed by atoms with Crippen LogP contribution in [0.1, 0.15) is 15.9 Å². The number of anilines is 1. The second-order valence-electron chi connectivity index (χ2n) is 5.41. The summed E-state index contributed by atoms with van der Waals surface area (Å²) in [6.45, 7) is 0. The number of benzene rings is 1. The molecule has 2 rings (SSSR count). The topological polar surface area (TPSA) is 36.0 Å². The maximum absolute atomic E-state index is 12.2. The molecule has 0 fully saturated rings. The lowest BCUT2D eigenvalue weighted by Crippen LogP contribution is -2.52. The van der Waals surface area contributed by atoms with Crippen molar-refractivity contribution in [1.82, 2.24) is 9.80 Å². The maximum Gasteiger partial charge on any atom is 0.341 e. The number of rotatable bonds is 3. The molecule has 0 radical (unpaired) electrons. The number of carbonyl (C=O) groups is 1. The molecule has 0 aliphatic carbocycles. The van der Waals surface area contributed by atoms with Gasteiger partial charge >= 0.3 is 5.97 Å². The summed E-state index contributed by atoms with van der Waals surface area (Å²) >= 11 is 0. The third kappa shape index (κ3) is 1.89. The Labute approximate surface area is 114 Å². The number of carbonyl (C=O) groups excluding carboxylic acids is 1. The standard InChI is InChI=1S/C14H21N3O2/c1-15(2)10-7-8-12-11(9-10)13(18)19-14(12,16(3)4)17(5)6/h7-9H,1-6H3. The monoisotopic (exact) mass is 263 g/mol. The Hall–Kier alpha value is -1.59. The first-order valence-electron chi connectivity index (χ1n) is 6.20. The first-order chi connectivity index (χ1) is 8.80. The summed E-state index contributed by atoms with van der Waals surface area (Å²) in [6.07, 6.45) is 0. The van der Waals surface area contributed by atoms with Crippen LogP contribution in [0.4, 0.5) is 5.69 Å². The highest BCUT2D eigenvalue weighted by Crippen LogP contribution is 2.40. The molecule has 0 N–H and O–H groups in total. The molecule has 1 aliphatic heterocycles. The van der Waals surface area contributed by atoms with Gasteiger partial charge in [0.05, 0.1) is 5.56 Å². The third-order valence-corrected chi connectivity index (χ3v) is 3.54. The molecule has 0 bridgehead atoms. The minimum Gasteiger partial charge on any atom is -0.422 e. The summed E-state index contributed by atoms with van der Waals surface area (Å²) in [7, 11) is 11.5. The second-order valence-corrected chi connectivity index (χ2v) is 5.41. The predicted octanol–water partition coefficient (Wildman–Crippen LogP) is 1.16. The molecule has 104 valence electrons. The fourth-order valence-electron chi connectivity index (χ4n) is 2.57. The van der Waals surface area contributed by atoms with Gasteiger partial charge in [-0.1, -0.05) is 0 Å². The van der Waals surface area contributed by atoms with E-state index in [1.807, 2.05) is 75.2 Å². The van der Waals surface area contributed by atoms with E-state index in [1.165, 1.54) is 0 Å². The number of fused-ring (bicyclic) bond motifs is 1. The lowest BCUT2D eigenvalue weighted by atomic mass is 10.0. The largest absolute Gasteiger partial charge is 0.422 e. The van der Waals surface area contributed by atoms with E-state index in [2.05, 4.69) is 0 Å². The van der Waals surface area contributed by atoms with Crippen LogP contribution >= 0.6 is 0 Å². The van der Waals surface area contributed by atoms with Gasteiger partial charge < -0.3 is 9.64 Å². The van der Waals surface area contributed by atoms with Crippen molar-refractivity contribution in [2.75, 3.05) is 47.2 Å². The van der Waals surface area contributed by atoms with Crippen molar-refractivity contribution in [3.8, 4) is 0 Å². The van der Waals surface area contributed by atoms with Gasteiger partial charge in [0.2, 0.25) is 0 Å². The normalized spacial score (nSPS) is 16.7. The minimum absolute atomic E-state index is 0.277. The average Bonchev–Trinajstić information content (AvgIpc) is 2.63. The quantitative estimate of drug-likeness (QED) is 0.604. The van der Waals surface area contributed by atoms with Gasteiger partial charge in [-0.05, 0) is 46.4 Å². The van der Waals surface area contributed by atoms with E-state index < -0.39 is 5.85 Å². The maximum atomic E-state index is 12.2. The first-order valence-corrected chi connectivity index (χ1v) is 6.20. The lowest BCUT2D eigenvalue weighted by molar-refractivity contribution is -0.183. The Bertz CT molecular complexity index is 501. The molecule has 0 saturated heterocycles. The molecule has 1 aromatic carbocycles. The number of ether oxygens (including phenoxy) is 1. The summed E-state index contributed by atoms with van der Waals surface area (Å²) in [5.74, 6) is -1.10.